The van der Waals surface area contributed by atoms with Crippen LogP contribution in [0, 0.1) is 10.1 Å². The maximum absolute atomic E-state index is 12.8. The molecule has 1 fully saturated rings. The predicted octanol–water partition coefficient (Wildman–Crippen LogP) is 6.06. The number of para-hydroxylation sites is 1. The first kappa shape index (κ1) is 22.6. The molecule has 0 spiro atoms. The van der Waals surface area contributed by atoms with Crippen LogP contribution in [0.25, 0.3) is 6.08 Å². The second-order valence-electron chi connectivity index (χ2n) is 7.11. The minimum atomic E-state index is -0.451. The molecule has 4 rings (SSSR count). The fourth-order valence-corrected chi connectivity index (χ4v) is 4.28. The highest BCUT2D eigenvalue weighted by atomic mass is 35.5. The van der Waals surface area contributed by atoms with Crippen LogP contribution in [0.5, 0.6) is 5.75 Å². The Labute approximate surface area is 198 Å². The summed E-state index contributed by atoms with van der Waals surface area (Å²) in [6.07, 6.45) is 1.62. The molecule has 1 aliphatic heterocycles. The molecule has 3 aromatic carbocycles. The summed E-state index contributed by atoms with van der Waals surface area (Å²) < 4.78 is 5.73. The van der Waals surface area contributed by atoms with Crippen molar-refractivity contribution >= 4 is 46.3 Å². The van der Waals surface area contributed by atoms with Crippen LogP contribution >= 0.6 is 23.4 Å². The summed E-state index contributed by atoms with van der Waals surface area (Å²) in [5.74, 6) is 0.0911. The Morgan fingerprint density at radius 3 is 2.48 bits per heavy atom. The number of amides is 2. The lowest BCUT2D eigenvalue weighted by Gasteiger charge is -2.13. The van der Waals surface area contributed by atoms with Gasteiger partial charge < -0.3 is 4.74 Å². The summed E-state index contributed by atoms with van der Waals surface area (Å²) in [5, 5.41) is 11.3. The number of hydrogen-bond donors (Lipinski definition) is 0. The van der Waals surface area contributed by atoms with Gasteiger partial charge in [0.1, 0.15) is 12.4 Å². The number of halogens is 1. The molecule has 0 aliphatic carbocycles. The van der Waals surface area contributed by atoms with Gasteiger partial charge in [0, 0.05) is 11.1 Å². The number of hydrogen-bond acceptors (Lipinski definition) is 6. The Hall–Kier alpha value is -3.62. The Balaban J connectivity index is 1.48. The van der Waals surface area contributed by atoms with E-state index < -0.39 is 10.8 Å². The molecule has 1 aliphatic rings. The van der Waals surface area contributed by atoms with Crippen molar-refractivity contribution in [2.45, 2.75) is 13.2 Å². The molecular formula is C24H17ClN2O5S. The van der Waals surface area contributed by atoms with E-state index in [2.05, 4.69) is 0 Å². The Morgan fingerprint density at radius 1 is 1.00 bits per heavy atom. The normalized spacial score (nSPS) is 14.7. The van der Waals surface area contributed by atoms with Crippen molar-refractivity contribution in [1.29, 1.82) is 0 Å². The summed E-state index contributed by atoms with van der Waals surface area (Å²) in [7, 11) is 0. The zero-order chi connectivity index (χ0) is 23.4. The van der Waals surface area contributed by atoms with E-state index in [0.29, 0.717) is 32.4 Å². The van der Waals surface area contributed by atoms with Gasteiger partial charge in [-0.05, 0) is 53.2 Å². The van der Waals surface area contributed by atoms with Crippen molar-refractivity contribution < 1.29 is 19.2 Å². The Bertz CT molecular complexity index is 1280. The molecule has 166 valence electrons. The quantitative estimate of drug-likeness (QED) is 0.232. The number of imide groups is 1. The summed E-state index contributed by atoms with van der Waals surface area (Å²) in [4.78, 5) is 37.4. The molecule has 0 aromatic heterocycles. The Kier molecular flexibility index (Phi) is 6.76. The molecule has 1 saturated heterocycles. The maximum atomic E-state index is 12.8. The molecule has 0 unspecified atom stereocenters. The summed E-state index contributed by atoms with van der Waals surface area (Å²) in [6.45, 7) is 0.121. The maximum Gasteiger partial charge on any atom is 0.293 e. The summed E-state index contributed by atoms with van der Waals surface area (Å²) >= 11 is 7.02. The van der Waals surface area contributed by atoms with E-state index in [1.54, 1.807) is 72.8 Å². The third-order valence-electron chi connectivity index (χ3n) is 4.90. The number of carbonyl (C=O) groups is 2. The van der Waals surface area contributed by atoms with Crippen LogP contribution in [-0.4, -0.2) is 21.0 Å². The van der Waals surface area contributed by atoms with E-state index in [9.17, 15) is 19.7 Å². The first-order valence-electron chi connectivity index (χ1n) is 9.86. The second kappa shape index (κ2) is 9.89. The molecule has 2 amide bonds. The third kappa shape index (κ3) is 5.24. The lowest BCUT2D eigenvalue weighted by atomic mass is 10.1. The molecule has 7 nitrogen and oxygen atoms in total. The van der Waals surface area contributed by atoms with Crippen LogP contribution in [0.2, 0.25) is 5.02 Å². The van der Waals surface area contributed by atoms with Gasteiger partial charge in [0.2, 0.25) is 0 Å². The van der Waals surface area contributed by atoms with Gasteiger partial charge in [0.15, 0.2) is 0 Å². The highest BCUT2D eigenvalue weighted by Crippen LogP contribution is 2.34. The molecule has 33 heavy (non-hydrogen) atoms. The van der Waals surface area contributed by atoms with E-state index in [0.717, 1.165) is 16.7 Å². The average molecular weight is 481 g/mol. The van der Waals surface area contributed by atoms with Crippen molar-refractivity contribution in [3.8, 4) is 5.75 Å². The largest absolute Gasteiger partial charge is 0.489 e. The lowest BCUT2D eigenvalue weighted by molar-refractivity contribution is -0.385. The first-order valence-corrected chi connectivity index (χ1v) is 11.1. The highest BCUT2D eigenvalue weighted by Gasteiger charge is 2.35. The molecule has 3 aromatic rings. The second-order valence-corrected chi connectivity index (χ2v) is 8.51. The minimum absolute atomic E-state index is 0.0131. The van der Waals surface area contributed by atoms with E-state index in [1.165, 1.54) is 6.07 Å². The van der Waals surface area contributed by atoms with Crippen molar-refractivity contribution in [2.24, 2.45) is 0 Å². The monoisotopic (exact) mass is 480 g/mol. The third-order valence-corrected chi connectivity index (χ3v) is 6.17. The zero-order valence-electron chi connectivity index (χ0n) is 17.1. The molecule has 9 heteroatoms. The molecule has 0 bridgehead atoms. The van der Waals surface area contributed by atoms with Crippen LogP contribution in [0.4, 0.5) is 10.5 Å². The lowest BCUT2D eigenvalue weighted by Crippen LogP contribution is -2.27. The van der Waals surface area contributed by atoms with Crippen LogP contribution in [0.1, 0.15) is 16.7 Å². The minimum Gasteiger partial charge on any atom is -0.489 e. The number of nitro groups is 1. The molecule has 0 N–H and O–H groups in total. The molecule has 0 atom stereocenters. The zero-order valence-corrected chi connectivity index (χ0v) is 18.7. The molecule has 1 heterocycles. The van der Waals surface area contributed by atoms with Crippen molar-refractivity contribution in [3.63, 3.8) is 0 Å². The van der Waals surface area contributed by atoms with Crippen molar-refractivity contribution in [1.82, 2.24) is 4.90 Å². The van der Waals surface area contributed by atoms with Gasteiger partial charge in [0.25, 0.3) is 16.8 Å². The summed E-state index contributed by atoms with van der Waals surface area (Å²) in [6, 6.07) is 20.4. The number of rotatable bonds is 7. The van der Waals surface area contributed by atoms with Gasteiger partial charge in [0.05, 0.1) is 21.9 Å². The topological polar surface area (TPSA) is 89.7 Å². The van der Waals surface area contributed by atoms with E-state index in [-0.39, 0.29) is 24.1 Å². The van der Waals surface area contributed by atoms with Crippen LogP contribution in [-0.2, 0) is 17.9 Å². The van der Waals surface area contributed by atoms with E-state index in [1.807, 2.05) is 0 Å². The fraction of sp³-hybridized carbons (Fsp3) is 0.0833. The summed E-state index contributed by atoms with van der Waals surface area (Å²) in [5.41, 5.74) is 1.79. The number of nitro benzene ring substituents is 1. The smallest absolute Gasteiger partial charge is 0.293 e. The van der Waals surface area contributed by atoms with Crippen LogP contribution < -0.4 is 4.74 Å². The van der Waals surface area contributed by atoms with Gasteiger partial charge in [-0.3, -0.25) is 24.6 Å². The molecule has 0 saturated carbocycles. The van der Waals surface area contributed by atoms with Gasteiger partial charge in [-0.1, -0.05) is 54.1 Å². The standard InChI is InChI=1S/C24H17ClN2O5S/c25-20-10-3-1-7-17(20)14-26-23(28)22(33-24(26)29)13-16-6-5-9-19(12-16)32-15-18-8-2-4-11-21(18)27(30)31/h1-13H,14-15H2/b22-13-. The number of ether oxygens (including phenoxy) is 1. The molecule has 0 radical (unpaired) electrons. The molecular weight excluding hydrogens is 464 g/mol. The van der Waals surface area contributed by atoms with Gasteiger partial charge in [-0.15, -0.1) is 0 Å². The van der Waals surface area contributed by atoms with Crippen LogP contribution in [0.3, 0.4) is 0 Å². The van der Waals surface area contributed by atoms with Gasteiger partial charge in [-0.25, -0.2) is 0 Å². The first-order chi connectivity index (χ1) is 15.9. The van der Waals surface area contributed by atoms with Gasteiger partial charge >= 0.3 is 0 Å². The van der Waals surface area contributed by atoms with Crippen molar-refractivity contribution in [3.05, 3.63) is 110 Å². The van der Waals surface area contributed by atoms with E-state index >= 15 is 0 Å². The van der Waals surface area contributed by atoms with Crippen molar-refractivity contribution in [2.75, 3.05) is 0 Å². The highest BCUT2D eigenvalue weighted by molar-refractivity contribution is 8.18. The van der Waals surface area contributed by atoms with E-state index in [4.69, 9.17) is 16.3 Å². The predicted molar refractivity (Wildman–Crippen MR) is 127 cm³/mol. The number of carbonyl (C=O) groups excluding carboxylic acids is 2. The number of thioether (sulfide) groups is 1. The number of nitrogens with zero attached hydrogens (tertiary/aromatic N) is 2. The average Bonchev–Trinajstić information content (AvgIpc) is 3.06. The fourth-order valence-electron chi connectivity index (χ4n) is 3.25. The SMILES string of the molecule is O=C1S/C(=C\c2cccc(OCc3ccccc3[N+](=O)[O-])c2)C(=O)N1Cc1ccccc1Cl. The van der Waals surface area contributed by atoms with Crippen LogP contribution in [0.15, 0.2) is 77.7 Å². The Morgan fingerprint density at radius 2 is 1.73 bits per heavy atom. The number of benzene rings is 3. The van der Waals surface area contributed by atoms with Gasteiger partial charge in [-0.2, -0.15) is 0 Å².